The molecule has 0 radical (unpaired) electrons. The lowest BCUT2D eigenvalue weighted by molar-refractivity contribution is -0.147. The maximum Gasteiger partial charge on any atom is 0.245 e. The first-order valence-electron chi connectivity index (χ1n) is 6.44. The van der Waals surface area contributed by atoms with Gasteiger partial charge in [-0.15, -0.1) is 0 Å². The standard InChI is InChI=1S/C12H18N2O3/c1-2-8-12(16)14(6-11(15)13-8)9-5-7-3-4-10(9)17-7/h7-10H,2-6H2,1H3,(H,13,15). The van der Waals surface area contributed by atoms with Crippen molar-refractivity contribution in [3.8, 4) is 0 Å². The fourth-order valence-electron chi connectivity index (χ4n) is 3.23. The first kappa shape index (κ1) is 11.0. The van der Waals surface area contributed by atoms with Crippen molar-refractivity contribution in [3.63, 3.8) is 0 Å². The van der Waals surface area contributed by atoms with E-state index in [9.17, 15) is 9.59 Å². The summed E-state index contributed by atoms with van der Waals surface area (Å²) in [7, 11) is 0. The summed E-state index contributed by atoms with van der Waals surface area (Å²) in [6.07, 6.45) is 4.16. The average Bonchev–Trinajstić information content (AvgIpc) is 2.93. The van der Waals surface area contributed by atoms with Crippen LogP contribution in [0.4, 0.5) is 0 Å². The Bertz CT molecular complexity index is 358. The number of fused-ring (bicyclic) bond motifs is 2. The van der Waals surface area contributed by atoms with E-state index in [0.29, 0.717) is 12.5 Å². The third-order valence-corrected chi connectivity index (χ3v) is 4.11. The van der Waals surface area contributed by atoms with Gasteiger partial charge in [0.05, 0.1) is 18.2 Å². The number of piperazine rings is 1. The minimum atomic E-state index is -0.338. The maximum atomic E-state index is 12.2. The molecular formula is C12H18N2O3. The average molecular weight is 238 g/mol. The molecule has 3 aliphatic rings. The van der Waals surface area contributed by atoms with Gasteiger partial charge in [-0.05, 0) is 25.7 Å². The molecule has 0 aromatic carbocycles. The van der Waals surface area contributed by atoms with Crippen LogP contribution in [0.15, 0.2) is 0 Å². The molecule has 3 saturated heterocycles. The predicted octanol–water partition coefficient (Wildman–Crippen LogP) is 0.0433. The van der Waals surface area contributed by atoms with Crippen molar-refractivity contribution in [2.24, 2.45) is 0 Å². The molecule has 3 fully saturated rings. The van der Waals surface area contributed by atoms with E-state index < -0.39 is 0 Å². The normalized spacial score (nSPS) is 40.9. The molecule has 4 unspecified atom stereocenters. The second-order valence-corrected chi connectivity index (χ2v) is 5.17. The SMILES string of the molecule is CCC1NC(=O)CN(C2CC3CCC2O3)C1=O. The van der Waals surface area contributed by atoms with Crippen molar-refractivity contribution in [3.05, 3.63) is 0 Å². The Labute approximate surface area is 100 Å². The Kier molecular flexibility index (Phi) is 2.58. The van der Waals surface area contributed by atoms with E-state index in [1.54, 1.807) is 4.90 Å². The van der Waals surface area contributed by atoms with Crippen LogP contribution < -0.4 is 5.32 Å². The molecule has 3 aliphatic heterocycles. The van der Waals surface area contributed by atoms with Gasteiger partial charge in [-0.1, -0.05) is 6.92 Å². The van der Waals surface area contributed by atoms with Crippen LogP contribution in [0.2, 0.25) is 0 Å². The van der Waals surface area contributed by atoms with Crippen molar-refractivity contribution in [2.75, 3.05) is 6.54 Å². The Morgan fingerprint density at radius 2 is 2.24 bits per heavy atom. The number of hydrogen-bond donors (Lipinski definition) is 1. The number of amides is 2. The van der Waals surface area contributed by atoms with Gasteiger partial charge in [0.2, 0.25) is 11.8 Å². The minimum Gasteiger partial charge on any atom is -0.373 e. The van der Waals surface area contributed by atoms with E-state index in [1.165, 1.54) is 0 Å². The quantitative estimate of drug-likeness (QED) is 0.739. The minimum absolute atomic E-state index is 0.0424. The molecule has 0 spiro atoms. The Morgan fingerprint density at radius 3 is 2.82 bits per heavy atom. The number of ether oxygens (including phenoxy) is 1. The maximum absolute atomic E-state index is 12.2. The molecule has 0 aliphatic carbocycles. The molecule has 17 heavy (non-hydrogen) atoms. The molecule has 5 heteroatoms. The molecule has 4 atom stereocenters. The molecule has 0 aromatic heterocycles. The van der Waals surface area contributed by atoms with Gasteiger partial charge >= 0.3 is 0 Å². The molecule has 0 saturated carbocycles. The first-order valence-corrected chi connectivity index (χ1v) is 6.44. The molecule has 3 rings (SSSR count). The lowest BCUT2D eigenvalue weighted by atomic mass is 9.93. The van der Waals surface area contributed by atoms with Crippen molar-refractivity contribution in [1.82, 2.24) is 10.2 Å². The highest BCUT2D eigenvalue weighted by molar-refractivity contribution is 5.95. The summed E-state index contributed by atoms with van der Waals surface area (Å²) in [6.45, 7) is 2.12. The summed E-state index contributed by atoms with van der Waals surface area (Å²) in [5, 5.41) is 2.74. The molecule has 3 heterocycles. The highest BCUT2D eigenvalue weighted by Gasteiger charge is 2.47. The summed E-state index contributed by atoms with van der Waals surface area (Å²) in [5.74, 6) is 0.0208. The molecule has 2 amide bonds. The summed E-state index contributed by atoms with van der Waals surface area (Å²) in [4.78, 5) is 25.6. The Hall–Kier alpha value is -1.10. The van der Waals surface area contributed by atoms with E-state index in [2.05, 4.69) is 5.32 Å². The third kappa shape index (κ3) is 1.73. The largest absolute Gasteiger partial charge is 0.373 e. The molecule has 2 bridgehead atoms. The van der Waals surface area contributed by atoms with Crippen LogP contribution in [0.1, 0.15) is 32.6 Å². The monoisotopic (exact) mass is 238 g/mol. The zero-order valence-corrected chi connectivity index (χ0v) is 10.0. The van der Waals surface area contributed by atoms with E-state index in [0.717, 1.165) is 19.3 Å². The fourth-order valence-corrected chi connectivity index (χ4v) is 3.23. The highest BCUT2D eigenvalue weighted by Crippen LogP contribution is 2.37. The van der Waals surface area contributed by atoms with Gasteiger partial charge in [0.25, 0.3) is 0 Å². The van der Waals surface area contributed by atoms with Crippen LogP contribution in [0.25, 0.3) is 0 Å². The fraction of sp³-hybridized carbons (Fsp3) is 0.833. The zero-order valence-electron chi connectivity index (χ0n) is 10.0. The molecule has 0 aromatic rings. The Morgan fingerprint density at radius 1 is 1.41 bits per heavy atom. The first-order chi connectivity index (χ1) is 8.19. The molecule has 94 valence electrons. The van der Waals surface area contributed by atoms with Crippen LogP contribution in [-0.4, -0.2) is 47.6 Å². The number of hydrogen-bond acceptors (Lipinski definition) is 3. The summed E-state index contributed by atoms with van der Waals surface area (Å²) >= 11 is 0. The molecular weight excluding hydrogens is 220 g/mol. The van der Waals surface area contributed by atoms with E-state index in [1.807, 2.05) is 6.92 Å². The van der Waals surface area contributed by atoms with Gasteiger partial charge in [0, 0.05) is 0 Å². The summed E-state index contributed by atoms with van der Waals surface area (Å²) in [6, 6.07) is -0.211. The number of carbonyl (C=O) groups excluding carboxylic acids is 2. The van der Waals surface area contributed by atoms with Gasteiger partial charge in [-0.25, -0.2) is 0 Å². The highest BCUT2D eigenvalue weighted by atomic mass is 16.5. The number of rotatable bonds is 2. The summed E-state index contributed by atoms with van der Waals surface area (Å²) in [5.41, 5.74) is 0. The van der Waals surface area contributed by atoms with Crippen LogP contribution in [0, 0.1) is 0 Å². The zero-order chi connectivity index (χ0) is 12.0. The lowest BCUT2D eigenvalue weighted by Gasteiger charge is -2.38. The van der Waals surface area contributed by atoms with Crippen LogP contribution in [0.5, 0.6) is 0 Å². The number of carbonyl (C=O) groups is 2. The number of nitrogens with zero attached hydrogens (tertiary/aromatic N) is 1. The van der Waals surface area contributed by atoms with Crippen molar-refractivity contribution >= 4 is 11.8 Å². The second kappa shape index (κ2) is 3.98. The molecule has 5 nitrogen and oxygen atoms in total. The van der Waals surface area contributed by atoms with E-state index in [4.69, 9.17) is 4.74 Å². The van der Waals surface area contributed by atoms with E-state index >= 15 is 0 Å². The van der Waals surface area contributed by atoms with Crippen LogP contribution in [0.3, 0.4) is 0 Å². The topological polar surface area (TPSA) is 58.6 Å². The van der Waals surface area contributed by atoms with Crippen LogP contribution >= 0.6 is 0 Å². The summed E-state index contributed by atoms with van der Waals surface area (Å²) < 4.78 is 5.76. The van der Waals surface area contributed by atoms with Gasteiger partial charge in [0.15, 0.2) is 0 Å². The van der Waals surface area contributed by atoms with Crippen molar-refractivity contribution in [1.29, 1.82) is 0 Å². The predicted molar refractivity (Wildman–Crippen MR) is 60.2 cm³/mol. The lowest BCUT2D eigenvalue weighted by Crippen LogP contribution is -2.61. The number of nitrogens with one attached hydrogen (secondary N) is 1. The third-order valence-electron chi connectivity index (χ3n) is 4.11. The van der Waals surface area contributed by atoms with Gasteiger partial charge < -0.3 is 15.0 Å². The second-order valence-electron chi connectivity index (χ2n) is 5.17. The van der Waals surface area contributed by atoms with Crippen LogP contribution in [-0.2, 0) is 14.3 Å². The van der Waals surface area contributed by atoms with Gasteiger partial charge in [-0.2, -0.15) is 0 Å². The van der Waals surface area contributed by atoms with Crippen molar-refractivity contribution in [2.45, 2.75) is 56.9 Å². The smallest absolute Gasteiger partial charge is 0.245 e. The van der Waals surface area contributed by atoms with E-state index in [-0.39, 0.29) is 36.5 Å². The molecule has 1 N–H and O–H groups in total. The van der Waals surface area contributed by atoms with Gasteiger partial charge in [-0.3, -0.25) is 9.59 Å². The Balaban J connectivity index is 1.77. The van der Waals surface area contributed by atoms with Gasteiger partial charge in [0.1, 0.15) is 12.6 Å². The van der Waals surface area contributed by atoms with Crippen molar-refractivity contribution < 1.29 is 14.3 Å².